The van der Waals surface area contributed by atoms with E-state index in [-0.39, 0.29) is 22.7 Å². The lowest BCUT2D eigenvalue weighted by Gasteiger charge is -2.34. The maximum Gasteiger partial charge on any atom is 0.327 e. The molecule has 0 spiro atoms. The van der Waals surface area contributed by atoms with Gasteiger partial charge in [-0.1, -0.05) is 25.9 Å². The second kappa shape index (κ2) is 12.2. The number of carbonyl (C=O) groups excluding carboxylic acids is 2. The fraction of sp³-hybridized carbons (Fsp3) is 0.286. The molecule has 1 saturated heterocycles. The molecule has 0 saturated carbocycles. The van der Waals surface area contributed by atoms with Crippen LogP contribution in [0.2, 0.25) is 0 Å². The van der Waals surface area contributed by atoms with E-state index >= 15 is 0 Å². The molecule has 0 bridgehead atoms. The summed E-state index contributed by atoms with van der Waals surface area (Å²) in [6.45, 7) is 9.63. The van der Waals surface area contributed by atoms with Crippen LogP contribution < -0.4 is 15.1 Å². The molecule has 2 amide bonds. The first-order valence-corrected chi connectivity index (χ1v) is 15.7. The molecule has 5 heterocycles. The van der Waals surface area contributed by atoms with Crippen molar-refractivity contribution >= 4 is 51.1 Å². The van der Waals surface area contributed by atoms with Gasteiger partial charge in [0.25, 0.3) is 0 Å². The third kappa shape index (κ3) is 6.07. The van der Waals surface area contributed by atoms with Gasteiger partial charge in [-0.25, -0.2) is 14.8 Å². The molecule has 246 valence electrons. The van der Waals surface area contributed by atoms with Gasteiger partial charge in [-0.15, -0.1) is 0 Å². The Balaban J connectivity index is 1.05. The number of aromatic amines is 1. The highest BCUT2D eigenvalue weighted by molar-refractivity contribution is 6.11. The van der Waals surface area contributed by atoms with Gasteiger partial charge in [-0.2, -0.15) is 0 Å². The van der Waals surface area contributed by atoms with E-state index in [9.17, 15) is 14.7 Å². The topological polar surface area (TPSA) is 157 Å². The van der Waals surface area contributed by atoms with Gasteiger partial charge in [-0.05, 0) is 48.5 Å². The number of phenols is 1. The van der Waals surface area contributed by atoms with E-state index < -0.39 is 6.03 Å². The van der Waals surface area contributed by atoms with Crippen molar-refractivity contribution in [3.05, 3.63) is 89.8 Å². The molecular formula is C35H36N8O5. The number of rotatable bonds is 7. The maximum atomic E-state index is 13.6. The van der Waals surface area contributed by atoms with E-state index in [2.05, 4.69) is 35.2 Å². The van der Waals surface area contributed by atoms with Crippen molar-refractivity contribution in [2.45, 2.75) is 32.7 Å². The second-order valence-corrected chi connectivity index (χ2v) is 13.0. The van der Waals surface area contributed by atoms with Crippen LogP contribution in [0.3, 0.4) is 0 Å². The zero-order chi connectivity index (χ0) is 33.6. The summed E-state index contributed by atoms with van der Waals surface area (Å²) in [5, 5.41) is 19.2. The number of hydrogen-bond acceptors (Lipinski definition) is 10. The molecule has 1 fully saturated rings. The summed E-state index contributed by atoms with van der Waals surface area (Å²) in [6, 6.07) is 15.2. The molecule has 2 aromatic carbocycles. The molecule has 1 aliphatic heterocycles. The van der Waals surface area contributed by atoms with Gasteiger partial charge in [0.1, 0.15) is 17.1 Å². The molecule has 3 N–H and O–H groups in total. The van der Waals surface area contributed by atoms with Crippen LogP contribution in [-0.2, 0) is 12.0 Å². The number of H-pyrrole nitrogens is 1. The van der Waals surface area contributed by atoms with E-state index in [1.165, 1.54) is 4.90 Å². The number of ketones is 1. The fourth-order valence-corrected chi connectivity index (χ4v) is 5.78. The van der Waals surface area contributed by atoms with Crippen LogP contribution in [0.15, 0.2) is 75.9 Å². The van der Waals surface area contributed by atoms with Crippen LogP contribution in [0.1, 0.15) is 48.3 Å². The third-order valence-electron chi connectivity index (χ3n) is 8.60. The Kier molecular flexibility index (Phi) is 7.83. The Morgan fingerprint density at radius 3 is 2.52 bits per heavy atom. The summed E-state index contributed by atoms with van der Waals surface area (Å²) >= 11 is 0. The Morgan fingerprint density at radius 1 is 1.02 bits per heavy atom. The minimum Gasteiger partial charge on any atom is -0.508 e. The Hall–Kier alpha value is -5.69. The average Bonchev–Trinajstić information content (AvgIpc) is 3.85. The number of nitrogens with zero attached hydrogens (tertiary/aromatic N) is 6. The van der Waals surface area contributed by atoms with Gasteiger partial charge in [0.05, 0.1) is 5.69 Å². The zero-order valence-electron chi connectivity index (χ0n) is 27.1. The lowest BCUT2D eigenvalue weighted by atomic mass is 9.93. The molecule has 4 aromatic heterocycles. The SMILES string of the molecule is CN(C(=O)Nc1ccc2oc(C(=O)c3cc4c(CN5CCN(c6ncccn6)CC5)c(O)ccc4[nH]3)cc2c1)c1cc(C(C)(C)C)on1. The number of aromatic hydroxyl groups is 1. The van der Waals surface area contributed by atoms with E-state index in [1.807, 2.05) is 20.8 Å². The molecule has 13 nitrogen and oxygen atoms in total. The number of nitrogens with one attached hydrogen (secondary N) is 2. The molecule has 0 radical (unpaired) electrons. The zero-order valence-corrected chi connectivity index (χ0v) is 27.1. The molecule has 7 rings (SSSR count). The highest BCUT2D eigenvalue weighted by Gasteiger charge is 2.25. The normalized spacial score (nSPS) is 14.1. The second-order valence-electron chi connectivity index (χ2n) is 13.0. The fourth-order valence-electron chi connectivity index (χ4n) is 5.78. The van der Waals surface area contributed by atoms with Gasteiger partial charge in [0, 0.05) is 91.2 Å². The first-order chi connectivity index (χ1) is 23.0. The van der Waals surface area contributed by atoms with Gasteiger partial charge >= 0.3 is 6.03 Å². The Bertz CT molecular complexity index is 2120. The van der Waals surface area contributed by atoms with E-state index in [0.717, 1.165) is 42.6 Å². The third-order valence-corrected chi connectivity index (χ3v) is 8.60. The van der Waals surface area contributed by atoms with Crippen LogP contribution in [0.5, 0.6) is 5.75 Å². The number of carbonyl (C=O) groups is 2. The number of hydrogen-bond donors (Lipinski definition) is 3. The largest absolute Gasteiger partial charge is 0.508 e. The maximum absolute atomic E-state index is 13.6. The van der Waals surface area contributed by atoms with Gasteiger partial charge in [0.15, 0.2) is 11.6 Å². The van der Waals surface area contributed by atoms with Crippen molar-refractivity contribution in [3.63, 3.8) is 0 Å². The van der Waals surface area contributed by atoms with Crippen molar-refractivity contribution in [1.82, 2.24) is 25.0 Å². The first-order valence-electron chi connectivity index (χ1n) is 15.7. The minimum absolute atomic E-state index is 0.152. The predicted octanol–water partition coefficient (Wildman–Crippen LogP) is 5.92. The molecule has 0 aliphatic carbocycles. The number of urea groups is 1. The molecular weight excluding hydrogens is 612 g/mol. The van der Waals surface area contributed by atoms with Crippen molar-refractivity contribution < 1.29 is 23.6 Å². The van der Waals surface area contributed by atoms with Crippen LogP contribution in [-0.4, -0.2) is 75.2 Å². The highest BCUT2D eigenvalue weighted by atomic mass is 16.5. The van der Waals surface area contributed by atoms with E-state index in [0.29, 0.717) is 46.4 Å². The summed E-state index contributed by atoms with van der Waals surface area (Å²) in [6.07, 6.45) is 3.48. The molecule has 6 aromatic rings. The van der Waals surface area contributed by atoms with Crippen molar-refractivity contribution in [3.8, 4) is 5.75 Å². The number of phenolic OH excluding ortho intramolecular Hbond substituents is 1. The Labute approximate surface area is 276 Å². The lowest BCUT2D eigenvalue weighted by Crippen LogP contribution is -2.46. The van der Waals surface area contributed by atoms with Gasteiger partial charge < -0.3 is 29.2 Å². The van der Waals surface area contributed by atoms with Crippen molar-refractivity contribution in [2.75, 3.05) is 48.3 Å². The summed E-state index contributed by atoms with van der Waals surface area (Å²) < 4.78 is 11.3. The molecule has 1 aliphatic rings. The summed E-state index contributed by atoms with van der Waals surface area (Å²) in [5.41, 5.74) is 2.64. The predicted molar refractivity (Wildman–Crippen MR) is 182 cm³/mol. The van der Waals surface area contributed by atoms with Crippen LogP contribution >= 0.6 is 0 Å². The summed E-state index contributed by atoms with van der Waals surface area (Å²) in [4.78, 5) is 44.3. The van der Waals surface area contributed by atoms with Crippen LogP contribution in [0.4, 0.5) is 22.2 Å². The number of piperazine rings is 1. The first kappa shape index (κ1) is 30.9. The summed E-state index contributed by atoms with van der Waals surface area (Å²) in [7, 11) is 1.61. The summed E-state index contributed by atoms with van der Waals surface area (Å²) in [5.74, 6) is 1.79. The van der Waals surface area contributed by atoms with E-state index in [1.54, 1.807) is 74.0 Å². The van der Waals surface area contributed by atoms with Crippen LogP contribution in [0, 0.1) is 0 Å². The quantitative estimate of drug-likeness (QED) is 0.178. The number of anilines is 3. The smallest absolute Gasteiger partial charge is 0.327 e. The number of benzene rings is 2. The average molecular weight is 649 g/mol. The number of aromatic nitrogens is 4. The number of fused-ring (bicyclic) bond motifs is 2. The number of amides is 2. The van der Waals surface area contributed by atoms with E-state index in [4.69, 9.17) is 8.94 Å². The lowest BCUT2D eigenvalue weighted by molar-refractivity contribution is 0.101. The molecule has 0 unspecified atom stereocenters. The van der Waals surface area contributed by atoms with Crippen molar-refractivity contribution in [1.29, 1.82) is 0 Å². The number of furan rings is 1. The Morgan fingerprint density at radius 2 is 1.79 bits per heavy atom. The minimum atomic E-state index is -0.396. The van der Waals surface area contributed by atoms with Gasteiger partial charge in [0.2, 0.25) is 11.7 Å². The highest BCUT2D eigenvalue weighted by Crippen LogP contribution is 2.32. The monoisotopic (exact) mass is 648 g/mol. The van der Waals surface area contributed by atoms with Gasteiger partial charge in [-0.3, -0.25) is 14.6 Å². The molecule has 0 atom stereocenters. The standard InChI is InChI=1S/C35H36N8O5/c1-35(2,3)30-19-31(40-48-30)41(4)34(46)38-22-6-9-28-21(16-22)17-29(47-28)32(45)26-18-23-24(27(44)8-7-25(23)39-26)20-42-12-14-43(15-13-42)33-36-10-5-11-37-33/h5-11,16-19,39,44H,12-15,20H2,1-4H3,(H,38,46). The van der Waals surface area contributed by atoms with Crippen molar-refractivity contribution in [2.24, 2.45) is 0 Å². The van der Waals surface area contributed by atoms with Crippen LogP contribution in [0.25, 0.3) is 21.9 Å². The molecule has 48 heavy (non-hydrogen) atoms. The molecule has 13 heteroatoms.